The van der Waals surface area contributed by atoms with E-state index in [2.05, 4.69) is 19.6 Å². The SMILES string of the molecule is N=C1C(=Cc2cn(CCCOc3ccc(Cl)cc3)c3ccccc23)C(=O)N=C2SC(c3cccnc3)=NN12. The second-order valence-electron chi connectivity index (χ2n) is 8.62. The van der Waals surface area contributed by atoms with Crippen molar-refractivity contribution in [2.24, 2.45) is 10.1 Å². The fourth-order valence-electron chi connectivity index (χ4n) is 4.28. The molecule has 0 radical (unpaired) electrons. The van der Waals surface area contributed by atoms with Crippen LogP contribution in [-0.4, -0.2) is 43.1 Å². The topological polar surface area (TPSA) is 95.9 Å². The van der Waals surface area contributed by atoms with Crippen molar-refractivity contribution >= 4 is 62.3 Å². The van der Waals surface area contributed by atoms with Gasteiger partial charge in [0.05, 0.1) is 12.2 Å². The number of hydrazone groups is 1. The average Bonchev–Trinajstić information content (AvgIpc) is 3.52. The fraction of sp³-hybridized carbons (Fsp3) is 0.107. The molecule has 2 aromatic heterocycles. The molecule has 2 aliphatic rings. The van der Waals surface area contributed by atoms with Crippen LogP contribution < -0.4 is 4.74 Å². The van der Waals surface area contributed by atoms with E-state index < -0.39 is 5.91 Å². The Morgan fingerprint density at radius 1 is 1.08 bits per heavy atom. The van der Waals surface area contributed by atoms with E-state index in [1.807, 2.05) is 54.7 Å². The maximum atomic E-state index is 13.0. The molecule has 0 saturated heterocycles. The number of thioether (sulfide) groups is 1. The summed E-state index contributed by atoms with van der Waals surface area (Å²) in [6, 6.07) is 19.0. The molecule has 4 heterocycles. The molecule has 2 aromatic carbocycles. The molecule has 6 rings (SSSR count). The van der Waals surface area contributed by atoms with Crippen LogP contribution in [-0.2, 0) is 11.3 Å². The van der Waals surface area contributed by atoms with Crippen molar-refractivity contribution in [1.82, 2.24) is 14.6 Å². The van der Waals surface area contributed by atoms with E-state index in [-0.39, 0.29) is 11.4 Å². The van der Waals surface area contributed by atoms with Crippen LogP contribution in [0.1, 0.15) is 17.5 Å². The van der Waals surface area contributed by atoms with Gasteiger partial charge in [-0.25, -0.2) is 0 Å². The Bertz CT molecular complexity index is 1640. The van der Waals surface area contributed by atoms with Crippen molar-refractivity contribution in [3.05, 3.63) is 101 Å². The monoisotopic (exact) mass is 540 g/mol. The normalized spacial score (nSPS) is 16.1. The Morgan fingerprint density at radius 2 is 1.92 bits per heavy atom. The Kier molecular flexibility index (Phi) is 6.53. The maximum Gasteiger partial charge on any atom is 0.283 e. The number of aryl methyl sites for hydroxylation is 1. The van der Waals surface area contributed by atoms with Crippen molar-refractivity contribution in [3.8, 4) is 5.75 Å². The number of aromatic nitrogens is 2. The minimum Gasteiger partial charge on any atom is -0.494 e. The highest BCUT2D eigenvalue weighted by Gasteiger charge is 2.36. The molecule has 188 valence electrons. The van der Waals surface area contributed by atoms with Crippen LogP contribution in [0.3, 0.4) is 0 Å². The molecule has 0 spiro atoms. The molecular formula is C28H21ClN6O2S. The lowest BCUT2D eigenvalue weighted by molar-refractivity contribution is -0.114. The van der Waals surface area contributed by atoms with Gasteiger partial charge in [0.25, 0.3) is 5.91 Å². The van der Waals surface area contributed by atoms with Crippen molar-refractivity contribution in [1.29, 1.82) is 5.41 Å². The lowest BCUT2D eigenvalue weighted by atomic mass is 10.1. The first-order valence-corrected chi connectivity index (χ1v) is 13.1. The smallest absolute Gasteiger partial charge is 0.283 e. The summed E-state index contributed by atoms with van der Waals surface area (Å²) in [5, 5.41) is 17.4. The number of aliphatic imine (C=N–C) groups is 1. The summed E-state index contributed by atoms with van der Waals surface area (Å²) in [5.41, 5.74) is 2.88. The Balaban J connectivity index is 1.23. The van der Waals surface area contributed by atoms with Crippen molar-refractivity contribution in [2.45, 2.75) is 13.0 Å². The first-order chi connectivity index (χ1) is 18.6. The zero-order valence-electron chi connectivity index (χ0n) is 20.0. The summed E-state index contributed by atoms with van der Waals surface area (Å²) in [6.45, 7) is 1.28. The van der Waals surface area contributed by atoms with Crippen LogP contribution in [0.25, 0.3) is 17.0 Å². The van der Waals surface area contributed by atoms with Gasteiger partial charge in [-0.15, -0.1) is 0 Å². The van der Waals surface area contributed by atoms with Gasteiger partial charge in [0.1, 0.15) is 10.8 Å². The van der Waals surface area contributed by atoms with E-state index >= 15 is 0 Å². The molecular weight excluding hydrogens is 520 g/mol. The summed E-state index contributed by atoms with van der Waals surface area (Å²) in [6.07, 6.45) is 7.90. The number of amidine groups is 2. The number of hydrogen-bond acceptors (Lipinski definition) is 6. The lowest BCUT2D eigenvalue weighted by Crippen LogP contribution is -2.35. The Hall–Kier alpha value is -4.21. The first kappa shape index (κ1) is 24.1. The summed E-state index contributed by atoms with van der Waals surface area (Å²) < 4.78 is 7.98. The van der Waals surface area contributed by atoms with Crippen molar-refractivity contribution in [2.75, 3.05) is 6.61 Å². The summed E-state index contributed by atoms with van der Waals surface area (Å²) >= 11 is 7.19. The third-order valence-corrected chi connectivity index (χ3v) is 7.32. The number of carbonyl (C=O) groups excluding carboxylic acids is 1. The van der Waals surface area contributed by atoms with Gasteiger partial charge in [-0.05, 0) is 66.7 Å². The molecule has 38 heavy (non-hydrogen) atoms. The van der Waals surface area contributed by atoms with Crippen molar-refractivity contribution < 1.29 is 9.53 Å². The number of halogens is 1. The van der Waals surface area contributed by atoms with Crippen molar-refractivity contribution in [3.63, 3.8) is 0 Å². The standard InChI is InChI=1S/C28H21ClN6O2S/c29-20-8-10-21(11-9-20)37-14-4-13-34-17-19(22-6-1-2-7-24(22)34)15-23-25(30)35-28(32-26(23)36)38-27(33-35)18-5-3-12-31-16-18/h1-3,5-12,15-17,30H,4,13-14H2. The molecule has 10 heteroatoms. The van der Waals surface area contributed by atoms with Crippen LogP contribution in [0, 0.1) is 5.41 Å². The highest BCUT2D eigenvalue weighted by atomic mass is 35.5. The minimum atomic E-state index is -0.454. The summed E-state index contributed by atoms with van der Waals surface area (Å²) in [5.74, 6) is 0.324. The predicted octanol–water partition coefficient (Wildman–Crippen LogP) is 5.83. The van der Waals surface area contributed by atoms with E-state index in [1.54, 1.807) is 30.6 Å². The molecule has 8 nitrogen and oxygen atoms in total. The number of nitrogens with one attached hydrogen (secondary N) is 1. The van der Waals surface area contributed by atoms with E-state index in [4.69, 9.17) is 21.7 Å². The molecule has 2 aliphatic heterocycles. The Morgan fingerprint density at radius 3 is 2.74 bits per heavy atom. The highest BCUT2D eigenvalue weighted by molar-refractivity contribution is 8.27. The van der Waals surface area contributed by atoms with Gasteiger partial charge in [0, 0.05) is 52.2 Å². The predicted molar refractivity (Wildman–Crippen MR) is 152 cm³/mol. The van der Waals surface area contributed by atoms with Gasteiger partial charge in [-0.3, -0.25) is 15.2 Å². The number of pyridine rings is 1. The quantitative estimate of drug-likeness (QED) is 0.235. The third-order valence-electron chi connectivity index (χ3n) is 6.11. The van der Waals surface area contributed by atoms with E-state index in [0.717, 1.165) is 40.7 Å². The number of ether oxygens (including phenoxy) is 1. The van der Waals surface area contributed by atoms with Crippen LogP contribution in [0.15, 0.2) is 94.9 Å². The molecule has 1 amide bonds. The molecule has 4 aromatic rings. The minimum absolute atomic E-state index is 0.000383. The van der Waals surface area contributed by atoms with Crippen LogP contribution in [0.4, 0.5) is 0 Å². The summed E-state index contributed by atoms with van der Waals surface area (Å²) in [4.78, 5) is 21.3. The number of nitrogens with zero attached hydrogens (tertiary/aromatic N) is 5. The van der Waals surface area contributed by atoms with E-state index in [0.29, 0.717) is 21.8 Å². The maximum absolute atomic E-state index is 13.0. The zero-order chi connectivity index (χ0) is 26.1. The molecule has 0 atom stereocenters. The van der Waals surface area contributed by atoms with Crippen LogP contribution in [0.5, 0.6) is 5.75 Å². The number of amides is 1. The fourth-order valence-corrected chi connectivity index (χ4v) is 5.29. The Labute approximate surface area is 227 Å². The number of hydrogen-bond donors (Lipinski definition) is 1. The highest BCUT2D eigenvalue weighted by Crippen LogP contribution is 2.32. The second kappa shape index (κ2) is 10.3. The molecule has 0 saturated carbocycles. The number of benzene rings is 2. The molecule has 0 aliphatic carbocycles. The van der Waals surface area contributed by atoms with E-state index in [9.17, 15) is 4.79 Å². The van der Waals surface area contributed by atoms with Gasteiger partial charge in [-0.2, -0.15) is 15.1 Å². The van der Waals surface area contributed by atoms with Gasteiger partial charge in [0.2, 0.25) is 5.17 Å². The number of rotatable bonds is 7. The molecule has 1 N–H and O–H groups in total. The van der Waals surface area contributed by atoms with Crippen LogP contribution >= 0.6 is 23.4 Å². The molecule has 0 unspecified atom stereocenters. The number of carbonyl (C=O) groups is 1. The molecule has 0 fully saturated rings. The third kappa shape index (κ3) is 4.73. The number of para-hydroxylation sites is 1. The number of fused-ring (bicyclic) bond motifs is 2. The summed E-state index contributed by atoms with van der Waals surface area (Å²) in [7, 11) is 0. The van der Waals surface area contributed by atoms with Gasteiger partial charge >= 0.3 is 0 Å². The largest absolute Gasteiger partial charge is 0.494 e. The average molecular weight is 541 g/mol. The first-order valence-electron chi connectivity index (χ1n) is 11.9. The van der Waals surface area contributed by atoms with Gasteiger partial charge in [-0.1, -0.05) is 29.8 Å². The van der Waals surface area contributed by atoms with Gasteiger partial charge < -0.3 is 9.30 Å². The zero-order valence-corrected chi connectivity index (χ0v) is 21.6. The molecule has 0 bridgehead atoms. The second-order valence-corrected chi connectivity index (χ2v) is 10.0. The lowest BCUT2D eigenvalue weighted by Gasteiger charge is -2.20. The van der Waals surface area contributed by atoms with Gasteiger partial charge in [0.15, 0.2) is 5.84 Å². The van der Waals surface area contributed by atoms with E-state index in [1.165, 1.54) is 16.8 Å². The van der Waals surface area contributed by atoms with Crippen LogP contribution in [0.2, 0.25) is 5.02 Å².